The quantitative estimate of drug-likeness (QED) is 0.892. The molecular weight excluding hydrogens is 255 g/mol. The lowest BCUT2D eigenvalue weighted by Crippen LogP contribution is -2.04. The van der Waals surface area contributed by atoms with Crippen molar-refractivity contribution in [1.82, 2.24) is 4.98 Å². The maximum Gasteiger partial charge on any atom is 0.169 e. The average molecular weight is 267 g/mol. The second kappa shape index (κ2) is 5.17. The Bertz CT molecular complexity index is 614. The number of rotatable bonds is 3. The number of aryl methyl sites for hydroxylation is 1. The maximum absolute atomic E-state index is 13.6. The lowest BCUT2D eigenvalue weighted by Gasteiger charge is -2.11. The standard InChI is InChI=1S/C13H12F3N3/c1-7-3-4-8(14)5-11(7)18-13-10(16)6-9(15)12(17-2)19-13/h3-6H,1-2H3,(H2,17,18,19). The van der Waals surface area contributed by atoms with Crippen molar-refractivity contribution < 1.29 is 13.2 Å². The van der Waals surface area contributed by atoms with Gasteiger partial charge in [-0.05, 0) is 24.6 Å². The number of anilines is 3. The van der Waals surface area contributed by atoms with Gasteiger partial charge in [-0.2, -0.15) is 0 Å². The van der Waals surface area contributed by atoms with Gasteiger partial charge in [0.15, 0.2) is 23.3 Å². The Hall–Kier alpha value is -2.24. The van der Waals surface area contributed by atoms with Crippen LogP contribution in [-0.2, 0) is 0 Å². The molecule has 0 saturated heterocycles. The molecule has 0 spiro atoms. The van der Waals surface area contributed by atoms with Gasteiger partial charge in [0.25, 0.3) is 0 Å². The highest BCUT2D eigenvalue weighted by molar-refractivity contribution is 5.62. The second-order valence-corrected chi connectivity index (χ2v) is 3.98. The molecule has 0 aliphatic rings. The van der Waals surface area contributed by atoms with E-state index >= 15 is 0 Å². The van der Waals surface area contributed by atoms with Gasteiger partial charge in [0.1, 0.15) is 5.82 Å². The Morgan fingerprint density at radius 3 is 2.37 bits per heavy atom. The minimum atomic E-state index is -0.847. The third kappa shape index (κ3) is 2.78. The van der Waals surface area contributed by atoms with Crippen LogP contribution in [0, 0.1) is 24.4 Å². The zero-order valence-electron chi connectivity index (χ0n) is 10.4. The summed E-state index contributed by atoms with van der Waals surface area (Å²) in [5.74, 6) is -2.34. The van der Waals surface area contributed by atoms with E-state index in [1.54, 1.807) is 13.0 Å². The Labute approximate surface area is 108 Å². The molecule has 100 valence electrons. The molecule has 0 radical (unpaired) electrons. The minimum absolute atomic E-state index is 0.0852. The highest BCUT2D eigenvalue weighted by Gasteiger charge is 2.12. The molecule has 19 heavy (non-hydrogen) atoms. The van der Waals surface area contributed by atoms with Crippen LogP contribution >= 0.6 is 0 Å². The van der Waals surface area contributed by atoms with E-state index in [0.717, 1.165) is 11.6 Å². The number of hydrogen-bond acceptors (Lipinski definition) is 3. The topological polar surface area (TPSA) is 37.0 Å². The van der Waals surface area contributed by atoms with Crippen molar-refractivity contribution in [2.45, 2.75) is 6.92 Å². The van der Waals surface area contributed by atoms with Crippen LogP contribution in [0.1, 0.15) is 5.56 Å². The third-order valence-electron chi connectivity index (χ3n) is 2.62. The molecule has 0 atom stereocenters. The molecule has 2 aromatic rings. The van der Waals surface area contributed by atoms with Crippen LogP contribution in [-0.4, -0.2) is 12.0 Å². The molecule has 0 saturated carbocycles. The summed E-state index contributed by atoms with van der Waals surface area (Å²) in [6.07, 6.45) is 0. The molecule has 1 aromatic heterocycles. The number of nitrogens with zero attached hydrogens (tertiary/aromatic N) is 1. The molecule has 0 fully saturated rings. The van der Waals surface area contributed by atoms with Gasteiger partial charge in [-0.15, -0.1) is 0 Å². The normalized spacial score (nSPS) is 10.4. The molecule has 0 unspecified atom stereocenters. The van der Waals surface area contributed by atoms with Crippen molar-refractivity contribution in [1.29, 1.82) is 0 Å². The van der Waals surface area contributed by atoms with Gasteiger partial charge in [0, 0.05) is 18.8 Å². The third-order valence-corrected chi connectivity index (χ3v) is 2.62. The van der Waals surface area contributed by atoms with E-state index in [0.29, 0.717) is 5.69 Å². The molecule has 3 nitrogen and oxygen atoms in total. The van der Waals surface area contributed by atoms with Gasteiger partial charge in [-0.1, -0.05) is 6.07 Å². The van der Waals surface area contributed by atoms with Crippen molar-refractivity contribution in [2.24, 2.45) is 0 Å². The van der Waals surface area contributed by atoms with Crippen LogP contribution in [0.3, 0.4) is 0 Å². The zero-order chi connectivity index (χ0) is 14.0. The molecule has 2 rings (SSSR count). The number of pyridine rings is 1. The van der Waals surface area contributed by atoms with Gasteiger partial charge >= 0.3 is 0 Å². The van der Waals surface area contributed by atoms with Crippen molar-refractivity contribution in [3.8, 4) is 0 Å². The molecule has 6 heteroatoms. The van der Waals surface area contributed by atoms with E-state index in [-0.39, 0.29) is 11.6 Å². The summed E-state index contributed by atoms with van der Waals surface area (Å²) in [7, 11) is 1.47. The van der Waals surface area contributed by atoms with Crippen molar-refractivity contribution >= 4 is 17.3 Å². The van der Waals surface area contributed by atoms with Crippen molar-refractivity contribution in [3.63, 3.8) is 0 Å². The van der Waals surface area contributed by atoms with Gasteiger partial charge < -0.3 is 10.6 Å². The molecule has 0 aliphatic carbocycles. The van der Waals surface area contributed by atoms with Crippen LogP contribution in [0.2, 0.25) is 0 Å². The summed E-state index contributed by atoms with van der Waals surface area (Å²) in [5, 5.41) is 5.16. The van der Waals surface area contributed by atoms with E-state index in [2.05, 4.69) is 15.6 Å². The summed E-state index contributed by atoms with van der Waals surface area (Å²) < 4.78 is 40.0. The molecule has 1 aromatic carbocycles. The smallest absolute Gasteiger partial charge is 0.169 e. The number of halogens is 3. The van der Waals surface area contributed by atoms with E-state index in [1.165, 1.54) is 19.2 Å². The highest BCUT2D eigenvalue weighted by Crippen LogP contribution is 2.24. The Morgan fingerprint density at radius 1 is 1.00 bits per heavy atom. The summed E-state index contributed by atoms with van der Waals surface area (Å²) >= 11 is 0. The predicted octanol–water partition coefficient (Wildman–Crippen LogP) is 3.59. The van der Waals surface area contributed by atoms with Crippen LogP contribution in [0.5, 0.6) is 0 Å². The fourth-order valence-corrected chi connectivity index (χ4v) is 1.59. The summed E-state index contributed by atoms with van der Waals surface area (Å²) in [5.41, 5.74) is 1.10. The second-order valence-electron chi connectivity index (χ2n) is 3.98. The lowest BCUT2D eigenvalue weighted by atomic mass is 10.2. The molecule has 2 N–H and O–H groups in total. The number of nitrogens with one attached hydrogen (secondary N) is 2. The predicted molar refractivity (Wildman–Crippen MR) is 68.1 cm³/mol. The fraction of sp³-hybridized carbons (Fsp3) is 0.154. The van der Waals surface area contributed by atoms with Crippen molar-refractivity contribution in [3.05, 3.63) is 47.3 Å². The number of aromatic nitrogens is 1. The van der Waals surface area contributed by atoms with Gasteiger partial charge in [0.2, 0.25) is 0 Å². The Kier molecular flexibility index (Phi) is 3.59. The average Bonchev–Trinajstić information content (AvgIpc) is 2.37. The summed E-state index contributed by atoms with van der Waals surface area (Å²) in [6.45, 7) is 1.74. The Balaban J connectivity index is 2.40. The lowest BCUT2D eigenvalue weighted by molar-refractivity contribution is 0.580. The largest absolute Gasteiger partial charge is 0.371 e. The van der Waals surface area contributed by atoms with Crippen LogP contribution in [0.15, 0.2) is 24.3 Å². The van der Waals surface area contributed by atoms with E-state index in [9.17, 15) is 13.2 Å². The molecule has 1 heterocycles. The molecular formula is C13H12F3N3. The SMILES string of the molecule is CNc1nc(Nc2cc(F)ccc2C)c(F)cc1F. The number of hydrogen-bond donors (Lipinski definition) is 2. The molecule has 0 bridgehead atoms. The molecule has 0 amide bonds. The molecule has 0 aliphatic heterocycles. The van der Waals surface area contributed by atoms with Crippen LogP contribution in [0.4, 0.5) is 30.5 Å². The van der Waals surface area contributed by atoms with Gasteiger partial charge in [-0.3, -0.25) is 0 Å². The summed E-state index contributed by atoms with van der Waals surface area (Å²) in [6, 6.07) is 4.79. The Morgan fingerprint density at radius 2 is 1.68 bits per heavy atom. The first kappa shape index (κ1) is 13.2. The monoisotopic (exact) mass is 267 g/mol. The zero-order valence-corrected chi connectivity index (χ0v) is 10.4. The minimum Gasteiger partial charge on any atom is -0.371 e. The van der Waals surface area contributed by atoms with Crippen LogP contribution < -0.4 is 10.6 Å². The van der Waals surface area contributed by atoms with Crippen LogP contribution in [0.25, 0.3) is 0 Å². The highest BCUT2D eigenvalue weighted by atomic mass is 19.1. The van der Waals surface area contributed by atoms with Gasteiger partial charge in [0.05, 0.1) is 0 Å². The van der Waals surface area contributed by atoms with Crippen molar-refractivity contribution in [2.75, 3.05) is 17.7 Å². The fourth-order valence-electron chi connectivity index (χ4n) is 1.59. The van der Waals surface area contributed by atoms with E-state index in [1.807, 2.05) is 0 Å². The first-order chi connectivity index (χ1) is 9.01. The maximum atomic E-state index is 13.6. The summed E-state index contributed by atoms with van der Waals surface area (Å²) in [4.78, 5) is 3.76. The first-order valence-electron chi connectivity index (χ1n) is 5.58. The van der Waals surface area contributed by atoms with E-state index in [4.69, 9.17) is 0 Å². The van der Waals surface area contributed by atoms with Gasteiger partial charge in [-0.25, -0.2) is 18.2 Å². The first-order valence-corrected chi connectivity index (χ1v) is 5.58. The number of benzene rings is 1. The van der Waals surface area contributed by atoms with E-state index < -0.39 is 17.5 Å².